The van der Waals surface area contributed by atoms with Gasteiger partial charge in [-0.05, 0) is 32.9 Å². The van der Waals surface area contributed by atoms with Crippen molar-refractivity contribution in [3.8, 4) is 11.5 Å². The Morgan fingerprint density at radius 1 is 1.12 bits per heavy atom. The highest BCUT2D eigenvalue weighted by molar-refractivity contribution is 6.43. The van der Waals surface area contributed by atoms with Gasteiger partial charge in [0.05, 0.1) is 19.9 Å². The van der Waals surface area contributed by atoms with Crippen LogP contribution in [0.5, 0.6) is 11.5 Å². The van der Waals surface area contributed by atoms with Crippen molar-refractivity contribution in [1.29, 1.82) is 0 Å². The molecule has 0 unspecified atom stereocenters. The lowest BCUT2D eigenvalue weighted by Crippen LogP contribution is -2.24. The average Bonchev–Trinajstić information content (AvgIpc) is 3.10. The summed E-state index contributed by atoms with van der Waals surface area (Å²) in [6.07, 6.45) is 0.781. The minimum Gasteiger partial charge on any atom is -0.493 e. The van der Waals surface area contributed by atoms with Crippen LogP contribution in [0, 0.1) is 0 Å². The molecule has 0 aliphatic carbocycles. The fraction of sp³-hybridized carbons (Fsp3) is 0.375. The van der Waals surface area contributed by atoms with Crippen LogP contribution in [0.2, 0.25) is 0 Å². The Morgan fingerprint density at radius 3 is 2.56 bits per heavy atom. The second-order valence-electron chi connectivity index (χ2n) is 7.93. The zero-order valence-electron chi connectivity index (χ0n) is 19.2. The van der Waals surface area contributed by atoms with Gasteiger partial charge in [0.15, 0.2) is 17.2 Å². The SMILES string of the molecule is CO/N=C(/C(=O)OC)c1ccccc1CO/N=C(\C)c1cc2c(c(OC)c1)OC(C)(C)C2. The summed E-state index contributed by atoms with van der Waals surface area (Å²) in [5.41, 5.74) is 3.68. The number of carbonyl (C=O) groups excluding carboxylic acids is 1. The van der Waals surface area contributed by atoms with Crippen molar-refractivity contribution in [2.45, 2.75) is 39.4 Å². The van der Waals surface area contributed by atoms with Crippen LogP contribution in [0.3, 0.4) is 0 Å². The highest BCUT2D eigenvalue weighted by Gasteiger charge is 2.33. The van der Waals surface area contributed by atoms with E-state index in [2.05, 4.69) is 10.3 Å². The number of benzene rings is 2. The molecule has 0 saturated carbocycles. The van der Waals surface area contributed by atoms with Gasteiger partial charge in [-0.3, -0.25) is 0 Å². The largest absolute Gasteiger partial charge is 0.493 e. The molecule has 0 saturated heterocycles. The van der Waals surface area contributed by atoms with Gasteiger partial charge in [0.1, 0.15) is 19.3 Å². The number of oxime groups is 2. The Morgan fingerprint density at radius 2 is 1.88 bits per heavy atom. The number of carbonyl (C=O) groups is 1. The summed E-state index contributed by atoms with van der Waals surface area (Å²) >= 11 is 0. The van der Waals surface area contributed by atoms with Crippen LogP contribution in [-0.2, 0) is 32.2 Å². The second-order valence-corrected chi connectivity index (χ2v) is 7.93. The lowest BCUT2D eigenvalue weighted by atomic mass is 9.99. The number of hydrogen-bond donors (Lipinski definition) is 0. The predicted octanol–water partition coefficient (Wildman–Crippen LogP) is 3.87. The first-order valence-corrected chi connectivity index (χ1v) is 10.1. The van der Waals surface area contributed by atoms with Crippen LogP contribution < -0.4 is 9.47 Å². The predicted molar refractivity (Wildman–Crippen MR) is 120 cm³/mol. The molecule has 1 heterocycles. The van der Waals surface area contributed by atoms with Crippen molar-refractivity contribution in [1.82, 2.24) is 0 Å². The topological polar surface area (TPSA) is 87.9 Å². The van der Waals surface area contributed by atoms with Crippen LogP contribution in [0.4, 0.5) is 0 Å². The summed E-state index contributed by atoms with van der Waals surface area (Å²) < 4.78 is 16.3. The number of rotatable bonds is 8. The highest BCUT2D eigenvalue weighted by atomic mass is 16.6. The number of ether oxygens (including phenoxy) is 3. The van der Waals surface area contributed by atoms with Gasteiger partial charge in [-0.15, -0.1) is 0 Å². The van der Waals surface area contributed by atoms with Crippen LogP contribution in [-0.4, -0.2) is 44.3 Å². The monoisotopic (exact) mass is 440 g/mol. The van der Waals surface area contributed by atoms with Crippen molar-refractivity contribution in [3.05, 3.63) is 58.7 Å². The van der Waals surface area contributed by atoms with E-state index in [-0.39, 0.29) is 17.9 Å². The van der Waals surface area contributed by atoms with Crippen LogP contribution >= 0.6 is 0 Å². The van der Waals surface area contributed by atoms with Crippen LogP contribution in [0.25, 0.3) is 0 Å². The summed E-state index contributed by atoms with van der Waals surface area (Å²) in [7, 11) is 4.28. The Balaban J connectivity index is 1.81. The van der Waals surface area contributed by atoms with Gasteiger partial charge in [-0.1, -0.05) is 34.6 Å². The molecule has 0 aromatic heterocycles. The molecule has 0 amide bonds. The third-order valence-corrected chi connectivity index (χ3v) is 5.02. The molecule has 170 valence electrons. The van der Waals surface area contributed by atoms with E-state index in [1.807, 2.05) is 45.0 Å². The molecule has 0 fully saturated rings. The molecule has 0 bridgehead atoms. The minimum absolute atomic E-state index is 0.0564. The standard InChI is InChI=1S/C24H28N2O6/c1-15(17-11-18-13-24(2,3)32-22(18)20(12-17)28-4)25-31-14-16-9-7-8-10-19(16)21(26-30-6)23(27)29-5/h7-12H,13-14H2,1-6H3/b25-15+,26-21+. The summed E-state index contributed by atoms with van der Waals surface area (Å²) in [5, 5.41) is 8.08. The van der Waals surface area contributed by atoms with E-state index < -0.39 is 5.97 Å². The normalized spacial score (nSPS) is 14.9. The van der Waals surface area contributed by atoms with Crippen molar-refractivity contribution >= 4 is 17.4 Å². The maximum atomic E-state index is 12.1. The maximum Gasteiger partial charge on any atom is 0.360 e. The first kappa shape index (κ1) is 23.1. The molecule has 32 heavy (non-hydrogen) atoms. The van der Waals surface area contributed by atoms with Gasteiger partial charge in [-0.25, -0.2) is 4.79 Å². The van der Waals surface area contributed by atoms with Crippen molar-refractivity contribution in [2.75, 3.05) is 21.3 Å². The summed E-state index contributed by atoms with van der Waals surface area (Å²) in [4.78, 5) is 22.5. The van der Waals surface area contributed by atoms with E-state index in [1.165, 1.54) is 14.2 Å². The lowest BCUT2D eigenvalue weighted by molar-refractivity contribution is -0.132. The van der Waals surface area contributed by atoms with E-state index in [0.717, 1.165) is 23.3 Å². The molecular weight excluding hydrogens is 412 g/mol. The fourth-order valence-corrected chi connectivity index (χ4v) is 3.55. The van der Waals surface area contributed by atoms with Gasteiger partial charge in [0.2, 0.25) is 0 Å². The first-order valence-electron chi connectivity index (χ1n) is 10.1. The molecule has 0 radical (unpaired) electrons. The second kappa shape index (κ2) is 9.72. The number of fused-ring (bicyclic) bond motifs is 1. The quantitative estimate of drug-likeness (QED) is 0.352. The van der Waals surface area contributed by atoms with Crippen molar-refractivity contribution in [2.24, 2.45) is 10.3 Å². The van der Waals surface area contributed by atoms with E-state index in [9.17, 15) is 4.79 Å². The van der Waals surface area contributed by atoms with Crippen LogP contribution in [0.15, 0.2) is 46.7 Å². The molecule has 1 aliphatic heterocycles. The van der Waals surface area contributed by atoms with E-state index >= 15 is 0 Å². The molecule has 2 aromatic rings. The molecule has 8 heteroatoms. The zero-order chi connectivity index (χ0) is 23.3. The van der Waals surface area contributed by atoms with Crippen molar-refractivity contribution in [3.63, 3.8) is 0 Å². The number of esters is 1. The Bertz CT molecular complexity index is 1060. The van der Waals surface area contributed by atoms with Gasteiger partial charge in [0, 0.05) is 28.7 Å². The molecule has 8 nitrogen and oxygen atoms in total. The third kappa shape index (κ3) is 5.01. The fourth-order valence-electron chi connectivity index (χ4n) is 3.55. The molecular formula is C24H28N2O6. The zero-order valence-corrected chi connectivity index (χ0v) is 19.2. The molecule has 0 spiro atoms. The van der Waals surface area contributed by atoms with Gasteiger partial charge in [0.25, 0.3) is 0 Å². The van der Waals surface area contributed by atoms with E-state index in [0.29, 0.717) is 22.6 Å². The number of hydrogen-bond acceptors (Lipinski definition) is 8. The lowest BCUT2D eigenvalue weighted by Gasteiger charge is -2.17. The first-order chi connectivity index (χ1) is 15.3. The van der Waals surface area contributed by atoms with Gasteiger partial charge < -0.3 is 23.9 Å². The third-order valence-electron chi connectivity index (χ3n) is 5.02. The van der Waals surface area contributed by atoms with E-state index in [4.69, 9.17) is 23.9 Å². The van der Waals surface area contributed by atoms with E-state index in [1.54, 1.807) is 19.2 Å². The molecule has 3 rings (SSSR count). The summed E-state index contributed by atoms with van der Waals surface area (Å²) in [6.45, 7) is 6.08. The Labute approximate surface area is 187 Å². The smallest absolute Gasteiger partial charge is 0.360 e. The summed E-state index contributed by atoms with van der Waals surface area (Å²) in [6, 6.07) is 11.1. The number of methoxy groups -OCH3 is 2. The average molecular weight is 440 g/mol. The molecule has 0 N–H and O–H groups in total. The molecule has 0 atom stereocenters. The molecule has 2 aromatic carbocycles. The Hall–Kier alpha value is -3.55. The van der Waals surface area contributed by atoms with Crippen LogP contribution in [0.1, 0.15) is 43.0 Å². The minimum atomic E-state index is -0.602. The molecule has 1 aliphatic rings. The van der Waals surface area contributed by atoms with Gasteiger partial charge >= 0.3 is 5.97 Å². The Kier molecular flexibility index (Phi) is 7.02. The van der Waals surface area contributed by atoms with Gasteiger partial charge in [-0.2, -0.15) is 0 Å². The maximum absolute atomic E-state index is 12.1. The highest BCUT2D eigenvalue weighted by Crippen LogP contribution is 2.42. The van der Waals surface area contributed by atoms with Crippen molar-refractivity contribution < 1.29 is 28.7 Å². The summed E-state index contributed by atoms with van der Waals surface area (Å²) in [5.74, 6) is 0.840. The number of nitrogens with zero attached hydrogens (tertiary/aromatic N) is 2.